The molecule has 102 valence electrons. The van der Waals surface area contributed by atoms with Crippen LogP contribution in [0.3, 0.4) is 0 Å². The fraction of sp³-hybridized carbons (Fsp3) is 0.467. The SMILES string of the molecule is Cc1cccc(OC(=O)C2CCCCC2C(=O)O)c1. The summed E-state index contributed by atoms with van der Waals surface area (Å²) in [5, 5.41) is 9.16. The van der Waals surface area contributed by atoms with Crippen LogP contribution in [0.2, 0.25) is 0 Å². The Morgan fingerprint density at radius 3 is 2.53 bits per heavy atom. The molecule has 1 fully saturated rings. The highest BCUT2D eigenvalue weighted by molar-refractivity contribution is 5.82. The van der Waals surface area contributed by atoms with Crippen molar-refractivity contribution in [2.24, 2.45) is 11.8 Å². The first kappa shape index (κ1) is 13.6. The molecule has 1 N–H and O–H groups in total. The molecule has 2 unspecified atom stereocenters. The summed E-state index contributed by atoms with van der Waals surface area (Å²) in [6.07, 6.45) is 2.91. The van der Waals surface area contributed by atoms with E-state index in [4.69, 9.17) is 9.84 Å². The lowest BCUT2D eigenvalue weighted by Crippen LogP contribution is -2.35. The smallest absolute Gasteiger partial charge is 0.315 e. The van der Waals surface area contributed by atoms with Gasteiger partial charge in [-0.2, -0.15) is 0 Å². The number of rotatable bonds is 3. The quantitative estimate of drug-likeness (QED) is 0.672. The molecule has 0 aromatic heterocycles. The van der Waals surface area contributed by atoms with Crippen molar-refractivity contribution in [2.45, 2.75) is 32.6 Å². The van der Waals surface area contributed by atoms with Crippen LogP contribution >= 0.6 is 0 Å². The molecule has 1 saturated carbocycles. The molecule has 0 bridgehead atoms. The van der Waals surface area contributed by atoms with Crippen molar-refractivity contribution in [2.75, 3.05) is 0 Å². The number of hydrogen-bond donors (Lipinski definition) is 1. The van der Waals surface area contributed by atoms with Gasteiger partial charge in [0.2, 0.25) is 0 Å². The highest BCUT2D eigenvalue weighted by atomic mass is 16.5. The van der Waals surface area contributed by atoms with E-state index >= 15 is 0 Å². The summed E-state index contributed by atoms with van der Waals surface area (Å²) in [6, 6.07) is 7.21. The fourth-order valence-electron chi connectivity index (χ4n) is 2.58. The first-order valence-electron chi connectivity index (χ1n) is 6.59. The largest absolute Gasteiger partial charge is 0.481 e. The number of carboxylic acid groups (broad SMARTS) is 1. The second-order valence-corrected chi connectivity index (χ2v) is 5.07. The first-order valence-corrected chi connectivity index (χ1v) is 6.59. The third-order valence-electron chi connectivity index (χ3n) is 3.59. The van der Waals surface area contributed by atoms with E-state index in [1.54, 1.807) is 12.1 Å². The van der Waals surface area contributed by atoms with E-state index in [9.17, 15) is 9.59 Å². The van der Waals surface area contributed by atoms with Crippen LogP contribution in [0, 0.1) is 18.8 Å². The zero-order valence-electron chi connectivity index (χ0n) is 11.0. The van der Waals surface area contributed by atoms with Crippen molar-refractivity contribution in [3.05, 3.63) is 29.8 Å². The normalized spacial score (nSPS) is 22.8. The molecular weight excluding hydrogens is 244 g/mol. The van der Waals surface area contributed by atoms with Crippen LogP contribution in [-0.4, -0.2) is 17.0 Å². The summed E-state index contributed by atoms with van der Waals surface area (Å²) in [4.78, 5) is 23.3. The molecule has 2 rings (SSSR count). The summed E-state index contributed by atoms with van der Waals surface area (Å²) in [7, 11) is 0. The lowest BCUT2D eigenvalue weighted by Gasteiger charge is -2.26. The van der Waals surface area contributed by atoms with Gasteiger partial charge >= 0.3 is 11.9 Å². The van der Waals surface area contributed by atoms with Crippen LogP contribution in [0.15, 0.2) is 24.3 Å². The average molecular weight is 262 g/mol. The number of aliphatic carboxylic acids is 1. The second-order valence-electron chi connectivity index (χ2n) is 5.07. The summed E-state index contributed by atoms with van der Waals surface area (Å²) < 4.78 is 5.31. The summed E-state index contributed by atoms with van der Waals surface area (Å²) >= 11 is 0. The van der Waals surface area contributed by atoms with Crippen LogP contribution < -0.4 is 4.74 Å². The molecule has 1 aliphatic carbocycles. The van der Waals surface area contributed by atoms with Gasteiger partial charge in [-0.15, -0.1) is 0 Å². The molecule has 19 heavy (non-hydrogen) atoms. The highest BCUT2D eigenvalue weighted by Gasteiger charge is 2.36. The Kier molecular flexibility index (Phi) is 4.20. The number of aryl methyl sites for hydroxylation is 1. The highest BCUT2D eigenvalue weighted by Crippen LogP contribution is 2.31. The lowest BCUT2D eigenvalue weighted by atomic mass is 9.79. The maximum atomic E-state index is 12.1. The Labute approximate surface area is 112 Å². The molecular formula is C15H18O4. The summed E-state index contributed by atoms with van der Waals surface area (Å²) in [5.41, 5.74) is 1.00. The Morgan fingerprint density at radius 2 is 1.89 bits per heavy atom. The van der Waals surface area contributed by atoms with Gasteiger partial charge in [0.1, 0.15) is 5.75 Å². The Balaban J connectivity index is 2.07. The average Bonchev–Trinajstić information content (AvgIpc) is 2.38. The van der Waals surface area contributed by atoms with E-state index in [0.717, 1.165) is 18.4 Å². The number of benzene rings is 1. The van der Waals surface area contributed by atoms with Crippen molar-refractivity contribution >= 4 is 11.9 Å². The molecule has 0 aliphatic heterocycles. The Hall–Kier alpha value is -1.84. The van der Waals surface area contributed by atoms with Gasteiger partial charge in [0, 0.05) is 0 Å². The second kappa shape index (κ2) is 5.87. The van der Waals surface area contributed by atoms with Gasteiger partial charge in [-0.25, -0.2) is 0 Å². The predicted molar refractivity (Wildman–Crippen MR) is 69.9 cm³/mol. The minimum Gasteiger partial charge on any atom is -0.481 e. The number of carbonyl (C=O) groups excluding carboxylic acids is 1. The molecule has 0 heterocycles. The Bertz CT molecular complexity index is 481. The molecule has 2 atom stereocenters. The maximum absolute atomic E-state index is 12.1. The van der Waals surface area contributed by atoms with E-state index < -0.39 is 23.8 Å². The van der Waals surface area contributed by atoms with Gasteiger partial charge in [0.05, 0.1) is 11.8 Å². The van der Waals surface area contributed by atoms with Crippen LogP contribution in [0.25, 0.3) is 0 Å². The molecule has 1 aromatic carbocycles. The van der Waals surface area contributed by atoms with Crippen LogP contribution in [-0.2, 0) is 9.59 Å². The van der Waals surface area contributed by atoms with Gasteiger partial charge < -0.3 is 9.84 Å². The maximum Gasteiger partial charge on any atom is 0.315 e. The van der Waals surface area contributed by atoms with Gasteiger partial charge in [0.25, 0.3) is 0 Å². The van der Waals surface area contributed by atoms with E-state index in [1.165, 1.54) is 0 Å². The zero-order valence-corrected chi connectivity index (χ0v) is 11.0. The molecule has 4 heteroatoms. The number of hydrogen-bond acceptors (Lipinski definition) is 3. The first-order chi connectivity index (χ1) is 9.08. The van der Waals surface area contributed by atoms with Crippen LogP contribution in [0.1, 0.15) is 31.2 Å². The minimum absolute atomic E-state index is 0.419. The molecule has 0 saturated heterocycles. The van der Waals surface area contributed by atoms with Gasteiger partial charge in [-0.05, 0) is 37.5 Å². The van der Waals surface area contributed by atoms with Crippen LogP contribution in [0.4, 0.5) is 0 Å². The van der Waals surface area contributed by atoms with Crippen molar-refractivity contribution in [3.8, 4) is 5.75 Å². The van der Waals surface area contributed by atoms with Crippen molar-refractivity contribution < 1.29 is 19.4 Å². The van der Waals surface area contributed by atoms with Gasteiger partial charge in [-0.1, -0.05) is 25.0 Å². The summed E-state index contributed by atoms with van der Waals surface area (Å²) in [5.74, 6) is -1.96. The molecule has 0 amide bonds. The van der Waals surface area contributed by atoms with E-state index in [2.05, 4.69) is 0 Å². The molecule has 1 aromatic rings. The van der Waals surface area contributed by atoms with Gasteiger partial charge in [-0.3, -0.25) is 9.59 Å². The summed E-state index contributed by atoms with van der Waals surface area (Å²) in [6.45, 7) is 1.91. The third-order valence-corrected chi connectivity index (χ3v) is 3.59. The number of carbonyl (C=O) groups is 2. The zero-order chi connectivity index (χ0) is 13.8. The fourth-order valence-corrected chi connectivity index (χ4v) is 2.58. The minimum atomic E-state index is -0.897. The van der Waals surface area contributed by atoms with Crippen molar-refractivity contribution in [1.82, 2.24) is 0 Å². The van der Waals surface area contributed by atoms with Crippen molar-refractivity contribution in [1.29, 1.82) is 0 Å². The predicted octanol–water partition coefficient (Wildman–Crippen LogP) is 2.79. The van der Waals surface area contributed by atoms with Gasteiger partial charge in [0.15, 0.2) is 0 Å². The Morgan fingerprint density at radius 1 is 1.21 bits per heavy atom. The van der Waals surface area contributed by atoms with Crippen molar-refractivity contribution in [3.63, 3.8) is 0 Å². The van der Waals surface area contributed by atoms with E-state index in [0.29, 0.717) is 18.6 Å². The standard InChI is InChI=1S/C15H18O4/c1-10-5-4-6-11(9-10)19-15(18)13-8-3-2-7-12(13)14(16)17/h4-6,9,12-13H,2-3,7-8H2,1H3,(H,16,17). The topological polar surface area (TPSA) is 63.6 Å². The van der Waals surface area contributed by atoms with E-state index in [-0.39, 0.29) is 0 Å². The number of carboxylic acids is 1. The number of esters is 1. The molecule has 4 nitrogen and oxygen atoms in total. The molecule has 0 radical (unpaired) electrons. The molecule has 0 spiro atoms. The monoisotopic (exact) mass is 262 g/mol. The molecule has 1 aliphatic rings. The van der Waals surface area contributed by atoms with E-state index in [1.807, 2.05) is 19.1 Å². The third kappa shape index (κ3) is 3.34. The lowest BCUT2D eigenvalue weighted by molar-refractivity contribution is -0.154. The number of ether oxygens (including phenoxy) is 1. The van der Waals surface area contributed by atoms with Crippen LogP contribution in [0.5, 0.6) is 5.75 Å².